The summed E-state index contributed by atoms with van der Waals surface area (Å²) in [4.78, 5) is 14.5. The lowest BCUT2D eigenvalue weighted by molar-refractivity contribution is 0.179. The minimum atomic E-state index is -0.0312. The normalized spacial score (nSPS) is 25.6. The van der Waals surface area contributed by atoms with E-state index in [-0.39, 0.29) is 6.03 Å². The molecule has 2 aliphatic rings. The van der Waals surface area contributed by atoms with Gasteiger partial charge in [-0.1, -0.05) is 6.42 Å². The van der Waals surface area contributed by atoms with E-state index in [4.69, 9.17) is 0 Å². The molecule has 21 heavy (non-hydrogen) atoms. The Bertz CT molecular complexity index is 486. The molecule has 0 aliphatic carbocycles. The lowest BCUT2D eigenvalue weighted by Crippen LogP contribution is -2.49. The third-order valence-corrected chi connectivity index (χ3v) is 4.63. The summed E-state index contributed by atoms with van der Waals surface area (Å²) in [5.41, 5.74) is 1.15. The van der Waals surface area contributed by atoms with Crippen LogP contribution in [0.3, 0.4) is 0 Å². The standard InChI is InChI=1S/C15H25N5O/c1-19-11-12(10-17-19)5-7-16-15(21)18-13-6-9-20-8-3-2-4-14(13)20/h10-11,13-14H,2-9H2,1H3,(H2,16,18,21). The Hall–Kier alpha value is -1.56. The first kappa shape index (κ1) is 14.4. The SMILES string of the molecule is Cn1cc(CCNC(=O)NC2CCN3CCCCC23)cn1. The number of nitrogens with zero attached hydrogens (tertiary/aromatic N) is 3. The highest BCUT2D eigenvalue weighted by atomic mass is 16.2. The fraction of sp³-hybridized carbons (Fsp3) is 0.733. The molecule has 0 saturated carbocycles. The molecule has 0 aromatic carbocycles. The number of piperidine rings is 1. The lowest BCUT2D eigenvalue weighted by Gasteiger charge is -2.32. The number of fused-ring (bicyclic) bond motifs is 1. The Morgan fingerprint density at radius 1 is 1.38 bits per heavy atom. The van der Waals surface area contributed by atoms with Crippen LogP contribution in [-0.2, 0) is 13.5 Å². The van der Waals surface area contributed by atoms with E-state index < -0.39 is 0 Å². The van der Waals surface area contributed by atoms with E-state index in [0.717, 1.165) is 24.9 Å². The molecule has 2 aliphatic heterocycles. The Morgan fingerprint density at radius 2 is 2.29 bits per heavy atom. The predicted molar refractivity (Wildman–Crippen MR) is 81.1 cm³/mol. The van der Waals surface area contributed by atoms with E-state index >= 15 is 0 Å². The van der Waals surface area contributed by atoms with Crippen LogP contribution in [0.15, 0.2) is 12.4 Å². The van der Waals surface area contributed by atoms with Gasteiger partial charge < -0.3 is 10.6 Å². The number of aromatic nitrogens is 2. The molecule has 0 bridgehead atoms. The highest BCUT2D eigenvalue weighted by Gasteiger charge is 2.36. The number of hydrogen-bond acceptors (Lipinski definition) is 3. The van der Waals surface area contributed by atoms with Crippen LogP contribution in [0.5, 0.6) is 0 Å². The molecule has 6 nitrogen and oxygen atoms in total. The quantitative estimate of drug-likeness (QED) is 0.866. The van der Waals surface area contributed by atoms with Crippen LogP contribution in [0.1, 0.15) is 31.2 Å². The molecule has 6 heteroatoms. The van der Waals surface area contributed by atoms with E-state index in [9.17, 15) is 4.79 Å². The molecule has 2 saturated heterocycles. The van der Waals surface area contributed by atoms with Gasteiger partial charge in [-0.2, -0.15) is 5.10 Å². The number of aryl methyl sites for hydroxylation is 1. The van der Waals surface area contributed by atoms with E-state index in [0.29, 0.717) is 18.6 Å². The van der Waals surface area contributed by atoms with Crippen molar-refractivity contribution in [1.29, 1.82) is 0 Å². The molecule has 2 fully saturated rings. The molecule has 2 atom stereocenters. The Morgan fingerprint density at radius 3 is 3.10 bits per heavy atom. The second-order valence-corrected chi connectivity index (χ2v) is 6.17. The molecule has 2 amide bonds. The smallest absolute Gasteiger partial charge is 0.315 e. The van der Waals surface area contributed by atoms with Gasteiger partial charge in [-0.3, -0.25) is 9.58 Å². The van der Waals surface area contributed by atoms with Gasteiger partial charge in [0.2, 0.25) is 0 Å². The maximum Gasteiger partial charge on any atom is 0.315 e. The van der Waals surface area contributed by atoms with Gasteiger partial charge in [-0.25, -0.2) is 4.79 Å². The van der Waals surface area contributed by atoms with E-state index in [2.05, 4.69) is 20.6 Å². The van der Waals surface area contributed by atoms with Crippen LogP contribution >= 0.6 is 0 Å². The molecule has 2 N–H and O–H groups in total. The van der Waals surface area contributed by atoms with Gasteiger partial charge in [0.15, 0.2) is 0 Å². The van der Waals surface area contributed by atoms with Crippen molar-refractivity contribution in [3.05, 3.63) is 18.0 Å². The molecular formula is C15H25N5O. The summed E-state index contributed by atoms with van der Waals surface area (Å²) in [6.07, 6.45) is 9.55. The summed E-state index contributed by atoms with van der Waals surface area (Å²) >= 11 is 0. The monoisotopic (exact) mass is 291 g/mol. The summed E-state index contributed by atoms with van der Waals surface area (Å²) in [6, 6.07) is 0.850. The Labute approximate surface area is 125 Å². The zero-order valence-electron chi connectivity index (χ0n) is 12.7. The van der Waals surface area contributed by atoms with Gasteiger partial charge in [-0.05, 0) is 37.8 Å². The number of amides is 2. The van der Waals surface area contributed by atoms with Crippen molar-refractivity contribution < 1.29 is 4.79 Å². The number of carbonyl (C=O) groups excluding carboxylic acids is 1. The predicted octanol–water partition coefficient (Wildman–Crippen LogP) is 0.889. The van der Waals surface area contributed by atoms with Crippen molar-refractivity contribution >= 4 is 6.03 Å². The van der Waals surface area contributed by atoms with Crippen LogP contribution in [0.4, 0.5) is 4.79 Å². The summed E-state index contributed by atoms with van der Waals surface area (Å²) in [5.74, 6) is 0. The molecule has 1 aromatic rings. The molecule has 1 aromatic heterocycles. The maximum atomic E-state index is 12.0. The third-order valence-electron chi connectivity index (χ3n) is 4.63. The van der Waals surface area contributed by atoms with Gasteiger partial charge in [0.25, 0.3) is 0 Å². The van der Waals surface area contributed by atoms with E-state index in [1.807, 2.05) is 19.4 Å². The number of rotatable bonds is 4. The van der Waals surface area contributed by atoms with Crippen LogP contribution in [0.25, 0.3) is 0 Å². The lowest BCUT2D eigenvalue weighted by atomic mass is 9.99. The molecule has 2 unspecified atom stereocenters. The Balaban J connectivity index is 1.40. The van der Waals surface area contributed by atoms with Gasteiger partial charge in [-0.15, -0.1) is 0 Å². The third kappa shape index (κ3) is 3.56. The van der Waals surface area contributed by atoms with Crippen LogP contribution in [0.2, 0.25) is 0 Å². The zero-order chi connectivity index (χ0) is 14.7. The molecule has 0 spiro atoms. The minimum absolute atomic E-state index is 0.0312. The average molecular weight is 291 g/mol. The summed E-state index contributed by atoms with van der Waals surface area (Å²) < 4.78 is 1.78. The number of carbonyl (C=O) groups is 1. The van der Waals surface area contributed by atoms with Crippen molar-refractivity contribution in [1.82, 2.24) is 25.3 Å². The highest BCUT2D eigenvalue weighted by Crippen LogP contribution is 2.26. The molecular weight excluding hydrogens is 266 g/mol. The van der Waals surface area contributed by atoms with Gasteiger partial charge >= 0.3 is 6.03 Å². The number of nitrogens with one attached hydrogen (secondary N) is 2. The van der Waals surface area contributed by atoms with Crippen molar-refractivity contribution in [2.24, 2.45) is 7.05 Å². The average Bonchev–Trinajstić information content (AvgIpc) is 3.06. The fourth-order valence-corrected chi connectivity index (χ4v) is 3.56. The van der Waals surface area contributed by atoms with Crippen LogP contribution in [0, 0.1) is 0 Å². The van der Waals surface area contributed by atoms with Gasteiger partial charge in [0.1, 0.15) is 0 Å². The Kier molecular flexibility index (Phi) is 4.43. The first-order chi connectivity index (χ1) is 10.2. The van der Waals surface area contributed by atoms with Crippen molar-refractivity contribution in [3.63, 3.8) is 0 Å². The van der Waals surface area contributed by atoms with Crippen LogP contribution in [-0.4, -0.2) is 52.4 Å². The maximum absolute atomic E-state index is 12.0. The fourth-order valence-electron chi connectivity index (χ4n) is 3.56. The van der Waals surface area contributed by atoms with Crippen molar-refractivity contribution in [2.45, 2.75) is 44.2 Å². The molecule has 3 rings (SSSR count). The molecule has 116 valence electrons. The second-order valence-electron chi connectivity index (χ2n) is 6.17. The largest absolute Gasteiger partial charge is 0.338 e. The number of hydrogen-bond donors (Lipinski definition) is 2. The molecule has 0 radical (unpaired) electrons. The van der Waals surface area contributed by atoms with Crippen LogP contribution < -0.4 is 10.6 Å². The van der Waals surface area contributed by atoms with E-state index in [1.54, 1.807) is 4.68 Å². The topological polar surface area (TPSA) is 62.2 Å². The van der Waals surface area contributed by atoms with E-state index in [1.165, 1.54) is 25.8 Å². The second kappa shape index (κ2) is 6.47. The summed E-state index contributed by atoms with van der Waals surface area (Å²) in [6.45, 7) is 2.98. The first-order valence-electron chi connectivity index (χ1n) is 7.98. The van der Waals surface area contributed by atoms with Crippen molar-refractivity contribution in [2.75, 3.05) is 19.6 Å². The van der Waals surface area contributed by atoms with Gasteiger partial charge in [0.05, 0.1) is 6.20 Å². The summed E-state index contributed by atoms with van der Waals surface area (Å²) in [5, 5.41) is 10.2. The first-order valence-corrected chi connectivity index (χ1v) is 7.98. The summed E-state index contributed by atoms with van der Waals surface area (Å²) in [7, 11) is 1.90. The highest BCUT2D eigenvalue weighted by molar-refractivity contribution is 5.74. The minimum Gasteiger partial charge on any atom is -0.338 e. The van der Waals surface area contributed by atoms with Gasteiger partial charge in [0, 0.05) is 38.4 Å². The number of urea groups is 1. The zero-order valence-corrected chi connectivity index (χ0v) is 12.7. The van der Waals surface area contributed by atoms with Crippen molar-refractivity contribution in [3.8, 4) is 0 Å². The molecule has 3 heterocycles.